The summed E-state index contributed by atoms with van der Waals surface area (Å²) in [6.45, 7) is 8.15. The molecule has 1 aromatic rings. The van der Waals surface area contributed by atoms with Crippen LogP contribution in [0.25, 0.3) is 0 Å². The van der Waals surface area contributed by atoms with Gasteiger partial charge in [-0.05, 0) is 76.5 Å². The van der Waals surface area contributed by atoms with Crippen LogP contribution >= 0.6 is 0 Å². The minimum absolute atomic E-state index is 0.0104. The van der Waals surface area contributed by atoms with Crippen molar-refractivity contribution < 1.29 is 9.53 Å². The molecule has 1 aromatic carbocycles. The minimum Gasteiger partial charge on any atom is -0.481 e. The molecule has 1 fully saturated rings. The van der Waals surface area contributed by atoms with Crippen molar-refractivity contribution in [1.29, 1.82) is 0 Å². The number of hydrogen-bond donors (Lipinski definition) is 1. The molecular formula is C18H28N2O2. The van der Waals surface area contributed by atoms with Crippen molar-refractivity contribution in [2.24, 2.45) is 0 Å². The van der Waals surface area contributed by atoms with E-state index in [0.29, 0.717) is 6.42 Å². The van der Waals surface area contributed by atoms with Crippen molar-refractivity contribution >= 4 is 5.91 Å². The molecule has 0 bridgehead atoms. The molecule has 0 aromatic heterocycles. The number of nitrogens with zero attached hydrogens (tertiary/aromatic N) is 1. The molecular weight excluding hydrogens is 276 g/mol. The number of likely N-dealkylation sites (tertiary alicyclic amines) is 1. The van der Waals surface area contributed by atoms with Gasteiger partial charge in [0.2, 0.25) is 0 Å². The maximum Gasteiger partial charge on any atom is 0.261 e. The highest BCUT2D eigenvalue weighted by Crippen LogP contribution is 2.19. The van der Waals surface area contributed by atoms with Gasteiger partial charge >= 0.3 is 0 Å². The number of carbonyl (C=O) groups is 1. The van der Waals surface area contributed by atoms with Gasteiger partial charge in [0.15, 0.2) is 6.10 Å². The van der Waals surface area contributed by atoms with Gasteiger partial charge < -0.3 is 15.0 Å². The molecule has 0 saturated carbocycles. The van der Waals surface area contributed by atoms with Gasteiger partial charge in [0.1, 0.15) is 5.75 Å². The van der Waals surface area contributed by atoms with E-state index >= 15 is 0 Å². The topological polar surface area (TPSA) is 41.6 Å². The highest BCUT2D eigenvalue weighted by molar-refractivity contribution is 5.81. The number of nitrogens with one attached hydrogen (secondary N) is 1. The SMILES string of the molecule is CCC(Oc1cc(C)cc(C)c1)C(=O)NC1CCN(C)CC1. The summed E-state index contributed by atoms with van der Waals surface area (Å²) in [5, 5.41) is 3.15. The van der Waals surface area contributed by atoms with E-state index in [4.69, 9.17) is 4.74 Å². The number of amides is 1. The number of rotatable bonds is 5. The van der Waals surface area contributed by atoms with E-state index in [1.54, 1.807) is 0 Å². The van der Waals surface area contributed by atoms with Crippen LogP contribution < -0.4 is 10.1 Å². The van der Waals surface area contributed by atoms with Crippen LogP contribution in [0, 0.1) is 13.8 Å². The first-order chi connectivity index (χ1) is 10.5. The zero-order valence-corrected chi connectivity index (χ0v) is 14.2. The second-order valence-electron chi connectivity index (χ2n) is 6.42. The Labute approximate surface area is 133 Å². The summed E-state index contributed by atoms with van der Waals surface area (Å²) in [6.07, 6.45) is 2.29. The summed E-state index contributed by atoms with van der Waals surface area (Å²) >= 11 is 0. The fourth-order valence-corrected chi connectivity index (χ4v) is 2.93. The Morgan fingerprint density at radius 1 is 1.27 bits per heavy atom. The molecule has 4 nitrogen and oxygen atoms in total. The average Bonchev–Trinajstić information content (AvgIpc) is 2.46. The van der Waals surface area contributed by atoms with E-state index in [9.17, 15) is 4.79 Å². The van der Waals surface area contributed by atoms with Crippen molar-refractivity contribution in [3.05, 3.63) is 29.3 Å². The molecule has 4 heteroatoms. The Morgan fingerprint density at radius 2 is 1.86 bits per heavy atom. The summed E-state index contributed by atoms with van der Waals surface area (Å²) < 4.78 is 5.93. The van der Waals surface area contributed by atoms with E-state index < -0.39 is 6.10 Å². The molecule has 1 aliphatic rings. The molecule has 1 amide bonds. The molecule has 1 aliphatic heterocycles. The Bertz CT molecular complexity index is 488. The molecule has 0 aliphatic carbocycles. The van der Waals surface area contributed by atoms with Gasteiger partial charge in [-0.25, -0.2) is 0 Å². The first kappa shape index (κ1) is 16.8. The molecule has 1 atom stereocenters. The van der Waals surface area contributed by atoms with Gasteiger partial charge in [-0.2, -0.15) is 0 Å². The van der Waals surface area contributed by atoms with Crippen LogP contribution in [0.3, 0.4) is 0 Å². The van der Waals surface area contributed by atoms with Crippen LogP contribution in [0.1, 0.15) is 37.3 Å². The molecule has 1 N–H and O–H groups in total. The van der Waals surface area contributed by atoms with Crippen LogP contribution in [0.4, 0.5) is 0 Å². The van der Waals surface area contributed by atoms with Gasteiger partial charge in [0, 0.05) is 6.04 Å². The molecule has 0 radical (unpaired) electrons. The van der Waals surface area contributed by atoms with Gasteiger partial charge in [-0.15, -0.1) is 0 Å². The van der Waals surface area contributed by atoms with E-state index in [2.05, 4.69) is 23.3 Å². The first-order valence-corrected chi connectivity index (χ1v) is 8.21. The van der Waals surface area contributed by atoms with E-state index in [1.807, 2.05) is 32.9 Å². The van der Waals surface area contributed by atoms with Gasteiger partial charge in [0.05, 0.1) is 0 Å². The summed E-state index contributed by atoms with van der Waals surface area (Å²) in [5.41, 5.74) is 2.31. The van der Waals surface area contributed by atoms with Gasteiger partial charge in [0.25, 0.3) is 5.91 Å². The van der Waals surface area contributed by atoms with Crippen molar-refractivity contribution in [3.63, 3.8) is 0 Å². The molecule has 22 heavy (non-hydrogen) atoms. The van der Waals surface area contributed by atoms with Crippen molar-refractivity contribution in [3.8, 4) is 5.75 Å². The lowest BCUT2D eigenvalue weighted by atomic mass is 10.1. The second-order valence-corrected chi connectivity index (χ2v) is 6.42. The number of hydrogen-bond acceptors (Lipinski definition) is 3. The average molecular weight is 304 g/mol. The summed E-state index contributed by atoms with van der Waals surface area (Å²) in [4.78, 5) is 14.7. The predicted octanol–water partition coefficient (Wildman–Crippen LogP) is 2.67. The fraction of sp³-hybridized carbons (Fsp3) is 0.611. The number of piperidine rings is 1. The van der Waals surface area contributed by atoms with Gasteiger partial charge in [-0.1, -0.05) is 13.0 Å². The maximum atomic E-state index is 12.4. The Morgan fingerprint density at radius 3 is 2.41 bits per heavy atom. The maximum absolute atomic E-state index is 12.4. The van der Waals surface area contributed by atoms with E-state index in [1.165, 1.54) is 0 Å². The van der Waals surface area contributed by atoms with Crippen molar-refractivity contribution in [2.45, 2.75) is 52.2 Å². The highest BCUT2D eigenvalue weighted by atomic mass is 16.5. The fourth-order valence-electron chi connectivity index (χ4n) is 2.93. The third-order valence-corrected chi connectivity index (χ3v) is 4.20. The van der Waals surface area contributed by atoms with Crippen LogP contribution in [-0.4, -0.2) is 43.1 Å². The van der Waals surface area contributed by atoms with Crippen molar-refractivity contribution in [1.82, 2.24) is 10.2 Å². The lowest BCUT2D eigenvalue weighted by molar-refractivity contribution is -0.129. The Kier molecular flexibility index (Phi) is 5.83. The minimum atomic E-state index is -0.416. The molecule has 0 spiro atoms. The molecule has 1 heterocycles. The number of aryl methyl sites for hydroxylation is 2. The zero-order chi connectivity index (χ0) is 16.1. The Balaban J connectivity index is 1.94. The molecule has 122 valence electrons. The third-order valence-electron chi connectivity index (χ3n) is 4.20. The number of ether oxygens (including phenoxy) is 1. The Hall–Kier alpha value is -1.55. The van der Waals surface area contributed by atoms with Gasteiger partial charge in [-0.3, -0.25) is 4.79 Å². The number of benzene rings is 1. The molecule has 1 unspecified atom stereocenters. The van der Waals surface area contributed by atoms with Crippen LogP contribution in [0.2, 0.25) is 0 Å². The summed E-state index contributed by atoms with van der Waals surface area (Å²) in [6, 6.07) is 6.35. The molecule has 2 rings (SSSR count). The largest absolute Gasteiger partial charge is 0.481 e. The normalized spacial score (nSPS) is 18.0. The quantitative estimate of drug-likeness (QED) is 0.909. The first-order valence-electron chi connectivity index (χ1n) is 8.21. The van der Waals surface area contributed by atoms with Crippen molar-refractivity contribution in [2.75, 3.05) is 20.1 Å². The summed E-state index contributed by atoms with van der Waals surface area (Å²) in [5.74, 6) is 0.791. The second kappa shape index (κ2) is 7.63. The van der Waals surface area contributed by atoms with Crippen LogP contribution in [0.15, 0.2) is 18.2 Å². The predicted molar refractivity (Wildman–Crippen MR) is 89.3 cm³/mol. The van der Waals surface area contributed by atoms with E-state index in [-0.39, 0.29) is 11.9 Å². The van der Waals surface area contributed by atoms with E-state index in [0.717, 1.165) is 42.8 Å². The van der Waals surface area contributed by atoms with Crippen LogP contribution in [0.5, 0.6) is 5.75 Å². The third kappa shape index (κ3) is 4.73. The number of carbonyl (C=O) groups excluding carboxylic acids is 1. The smallest absolute Gasteiger partial charge is 0.261 e. The lowest BCUT2D eigenvalue weighted by Crippen LogP contribution is -2.47. The van der Waals surface area contributed by atoms with Crippen LogP contribution in [-0.2, 0) is 4.79 Å². The monoisotopic (exact) mass is 304 g/mol. The summed E-state index contributed by atoms with van der Waals surface area (Å²) in [7, 11) is 2.12. The lowest BCUT2D eigenvalue weighted by Gasteiger charge is -2.30. The molecule has 1 saturated heterocycles. The highest BCUT2D eigenvalue weighted by Gasteiger charge is 2.24. The standard InChI is InChI=1S/C18H28N2O2/c1-5-17(22-16-11-13(2)10-14(3)12-16)18(21)19-15-6-8-20(4)9-7-15/h10-12,15,17H,5-9H2,1-4H3,(H,19,21). The zero-order valence-electron chi connectivity index (χ0n) is 14.2.